The monoisotopic (exact) mass is 413 g/mol. The maximum absolute atomic E-state index is 13.5. The standard InChI is InChI=1S/C23H27NO4S/c1-17-7-9-20(10-8-17)29(25,26)24-15-18-13-19(27-2)14-21(28-3)22(18)23(16-24)11-5-4-6-12-23/h4-5,7-10,13-14H,6,11-12,15-16H2,1-3H3. The largest absolute Gasteiger partial charge is 0.497 e. The number of hydrogen-bond acceptors (Lipinski definition) is 4. The molecule has 0 saturated heterocycles. The minimum absolute atomic E-state index is 0.294. The molecule has 0 radical (unpaired) electrons. The van der Waals surface area contributed by atoms with Crippen LogP contribution in [0, 0.1) is 6.92 Å². The molecule has 0 bridgehead atoms. The van der Waals surface area contributed by atoms with Crippen LogP contribution in [0.5, 0.6) is 11.5 Å². The van der Waals surface area contributed by atoms with Crippen molar-refractivity contribution in [3.8, 4) is 11.5 Å². The minimum Gasteiger partial charge on any atom is -0.497 e. The van der Waals surface area contributed by atoms with Gasteiger partial charge in [0.25, 0.3) is 0 Å². The van der Waals surface area contributed by atoms with Crippen molar-refractivity contribution in [2.75, 3.05) is 20.8 Å². The number of benzene rings is 2. The van der Waals surface area contributed by atoms with Gasteiger partial charge in [-0.1, -0.05) is 29.8 Å². The average Bonchev–Trinajstić information content (AvgIpc) is 2.73. The number of fused-ring (bicyclic) bond motifs is 2. The molecule has 1 unspecified atom stereocenters. The maximum atomic E-state index is 13.5. The van der Waals surface area contributed by atoms with Crippen LogP contribution < -0.4 is 9.47 Å². The lowest BCUT2D eigenvalue weighted by atomic mass is 9.68. The number of rotatable bonds is 4. The molecule has 29 heavy (non-hydrogen) atoms. The van der Waals surface area contributed by atoms with Gasteiger partial charge in [0, 0.05) is 30.1 Å². The first-order valence-electron chi connectivity index (χ1n) is 9.87. The van der Waals surface area contributed by atoms with Crippen molar-refractivity contribution >= 4 is 10.0 Å². The predicted molar refractivity (Wildman–Crippen MR) is 113 cm³/mol. The van der Waals surface area contributed by atoms with Gasteiger partial charge in [-0.3, -0.25) is 0 Å². The number of methoxy groups -OCH3 is 2. The van der Waals surface area contributed by atoms with E-state index in [-0.39, 0.29) is 5.41 Å². The Morgan fingerprint density at radius 2 is 1.79 bits per heavy atom. The highest BCUT2D eigenvalue weighted by molar-refractivity contribution is 7.89. The van der Waals surface area contributed by atoms with E-state index in [9.17, 15) is 8.42 Å². The van der Waals surface area contributed by atoms with Crippen molar-refractivity contribution in [3.05, 3.63) is 65.2 Å². The van der Waals surface area contributed by atoms with Crippen LogP contribution in [0.2, 0.25) is 0 Å². The van der Waals surface area contributed by atoms with Crippen LogP contribution >= 0.6 is 0 Å². The Morgan fingerprint density at radius 1 is 1.03 bits per heavy atom. The third kappa shape index (κ3) is 3.45. The van der Waals surface area contributed by atoms with Crippen LogP contribution in [0.1, 0.15) is 36.0 Å². The number of allylic oxidation sites excluding steroid dienone is 2. The number of sulfonamides is 1. The van der Waals surface area contributed by atoms with Gasteiger partial charge in [0.15, 0.2) is 0 Å². The van der Waals surface area contributed by atoms with E-state index in [4.69, 9.17) is 9.47 Å². The zero-order chi connectivity index (χ0) is 20.6. The molecule has 1 spiro atoms. The molecule has 0 N–H and O–H groups in total. The second-order valence-electron chi connectivity index (χ2n) is 7.94. The first kappa shape index (κ1) is 20.0. The highest BCUT2D eigenvalue weighted by Gasteiger charge is 2.45. The SMILES string of the molecule is COc1cc2c(c(OC)c1)C1(CC=CCC1)CN(S(=O)(=O)c1ccc(C)cc1)C2. The molecule has 1 heterocycles. The fourth-order valence-electron chi connectivity index (χ4n) is 4.60. The number of nitrogens with zero attached hydrogens (tertiary/aromatic N) is 1. The molecule has 0 amide bonds. The van der Waals surface area contributed by atoms with Gasteiger partial charge < -0.3 is 9.47 Å². The lowest BCUT2D eigenvalue weighted by molar-refractivity contribution is 0.239. The summed E-state index contributed by atoms with van der Waals surface area (Å²) in [6, 6.07) is 10.9. The van der Waals surface area contributed by atoms with Gasteiger partial charge in [-0.15, -0.1) is 0 Å². The van der Waals surface area contributed by atoms with Crippen LogP contribution in [0.3, 0.4) is 0 Å². The molecule has 2 aliphatic rings. The van der Waals surface area contributed by atoms with Crippen LogP contribution in [0.25, 0.3) is 0 Å². The smallest absolute Gasteiger partial charge is 0.243 e. The Hall–Kier alpha value is -2.31. The molecule has 1 aliphatic carbocycles. The molecule has 5 nitrogen and oxygen atoms in total. The van der Waals surface area contributed by atoms with Crippen molar-refractivity contribution in [3.63, 3.8) is 0 Å². The van der Waals surface area contributed by atoms with Gasteiger partial charge in [-0.2, -0.15) is 4.31 Å². The summed E-state index contributed by atoms with van der Waals surface area (Å²) in [4.78, 5) is 0.336. The molecule has 154 valence electrons. The van der Waals surface area contributed by atoms with E-state index in [1.807, 2.05) is 31.2 Å². The second-order valence-corrected chi connectivity index (χ2v) is 9.88. The van der Waals surface area contributed by atoms with Crippen molar-refractivity contribution in [2.24, 2.45) is 0 Å². The Kier molecular flexibility index (Phi) is 5.17. The highest BCUT2D eigenvalue weighted by atomic mass is 32.2. The predicted octanol–water partition coefficient (Wildman–Crippen LogP) is 4.19. The van der Waals surface area contributed by atoms with Gasteiger partial charge in [-0.05, 0) is 49.9 Å². The maximum Gasteiger partial charge on any atom is 0.243 e. The Morgan fingerprint density at radius 3 is 2.41 bits per heavy atom. The van der Waals surface area contributed by atoms with E-state index < -0.39 is 10.0 Å². The van der Waals surface area contributed by atoms with Crippen molar-refractivity contribution < 1.29 is 17.9 Å². The Bertz CT molecular complexity index is 1040. The van der Waals surface area contributed by atoms with Gasteiger partial charge in [0.05, 0.1) is 19.1 Å². The molecule has 2 aromatic rings. The van der Waals surface area contributed by atoms with Gasteiger partial charge in [0.2, 0.25) is 10.0 Å². The third-order valence-corrected chi connectivity index (χ3v) is 7.90. The molecule has 4 rings (SSSR count). The average molecular weight is 414 g/mol. The fourth-order valence-corrected chi connectivity index (χ4v) is 6.11. The number of ether oxygens (including phenoxy) is 2. The lowest BCUT2D eigenvalue weighted by Gasteiger charge is -2.45. The minimum atomic E-state index is -3.61. The molecule has 0 aromatic heterocycles. The summed E-state index contributed by atoms with van der Waals surface area (Å²) in [7, 11) is -0.330. The normalized spacial score (nSPS) is 21.8. The molecule has 0 fully saturated rings. The summed E-state index contributed by atoms with van der Waals surface area (Å²) in [6.45, 7) is 2.71. The van der Waals surface area contributed by atoms with Crippen molar-refractivity contribution in [1.29, 1.82) is 0 Å². The zero-order valence-corrected chi connectivity index (χ0v) is 18.0. The molecule has 1 aliphatic heterocycles. The fraction of sp³-hybridized carbons (Fsp3) is 0.391. The molecule has 1 atom stereocenters. The van der Waals surface area contributed by atoms with E-state index in [0.29, 0.717) is 23.7 Å². The van der Waals surface area contributed by atoms with E-state index in [1.165, 1.54) is 0 Å². The summed E-state index contributed by atoms with van der Waals surface area (Å²) in [5.41, 5.74) is 2.83. The first-order valence-corrected chi connectivity index (χ1v) is 11.3. The van der Waals surface area contributed by atoms with Gasteiger partial charge in [0.1, 0.15) is 11.5 Å². The quantitative estimate of drug-likeness (QED) is 0.705. The van der Waals surface area contributed by atoms with Gasteiger partial charge >= 0.3 is 0 Å². The number of aryl methyl sites for hydroxylation is 1. The van der Waals surface area contributed by atoms with Crippen LogP contribution in [-0.4, -0.2) is 33.5 Å². The van der Waals surface area contributed by atoms with Crippen LogP contribution in [0.4, 0.5) is 0 Å². The Balaban J connectivity index is 1.85. The lowest BCUT2D eigenvalue weighted by Crippen LogP contribution is -2.48. The van der Waals surface area contributed by atoms with Crippen LogP contribution in [0.15, 0.2) is 53.4 Å². The molecular formula is C23H27NO4S. The van der Waals surface area contributed by atoms with E-state index >= 15 is 0 Å². The summed E-state index contributed by atoms with van der Waals surface area (Å²) in [5, 5.41) is 0. The van der Waals surface area contributed by atoms with E-state index in [0.717, 1.165) is 41.7 Å². The second kappa shape index (κ2) is 7.50. The summed E-state index contributed by atoms with van der Waals surface area (Å²) < 4.78 is 39.8. The first-order chi connectivity index (χ1) is 13.9. The van der Waals surface area contributed by atoms with Crippen molar-refractivity contribution in [1.82, 2.24) is 4.31 Å². The molecule has 6 heteroatoms. The third-order valence-electron chi connectivity index (χ3n) is 6.09. The molecule has 2 aromatic carbocycles. The summed E-state index contributed by atoms with van der Waals surface area (Å²) in [5.74, 6) is 1.46. The highest BCUT2D eigenvalue weighted by Crippen LogP contribution is 2.49. The Labute approximate surface area is 173 Å². The molecule has 0 saturated carbocycles. The van der Waals surface area contributed by atoms with E-state index in [2.05, 4.69) is 12.2 Å². The van der Waals surface area contributed by atoms with E-state index in [1.54, 1.807) is 30.7 Å². The zero-order valence-electron chi connectivity index (χ0n) is 17.1. The number of hydrogen-bond donors (Lipinski definition) is 0. The molecular weight excluding hydrogens is 386 g/mol. The topological polar surface area (TPSA) is 55.8 Å². The van der Waals surface area contributed by atoms with Crippen LogP contribution in [-0.2, 0) is 22.0 Å². The van der Waals surface area contributed by atoms with Crippen molar-refractivity contribution in [2.45, 2.75) is 43.0 Å². The summed E-state index contributed by atoms with van der Waals surface area (Å²) in [6.07, 6.45) is 6.95. The van der Waals surface area contributed by atoms with Gasteiger partial charge in [-0.25, -0.2) is 8.42 Å². The summed E-state index contributed by atoms with van der Waals surface area (Å²) >= 11 is 0.